The van der Waals surface area contributed by atoms with Crippen LogP contribution >= 0.6 is 0 Å². The van der Waals surface area contributed by atoms with Gasteiger partial charge in [-0.3, -0.25) is 5.43 Å². The lowest BCUT2D eigenvalue weighted by Crippen LogP contribution is -2.15. The van der Waals surface area contributed by atoms with Gasteiger partial charge in [0, 0.05) is 18.1 Å². The molecular weight excluding hydrogens is 256 g/mol. The van der Waals surface area contributed by atoms with Crippen molar-refractivity contribution in [1.82, 2.24) is 24.7 Å². The fourth-order valence-corrected chi connectivity index (χ4v) is 1.63. The van der Waals surface area contributed by atoms with E-state index in [2.05, 4.69) is 30.8 Å². The minimum absolute atomic E-state index is 0.254. The predicted molar refractivity (Wildman–Crippen MR) is 74.5 cm³/mol. The zero-order valence-electron chi connectivity index (χ0n) is 10.4. The van der Waals surface area contributed by atoms with Crippen molar-refractivity contribution in [3.05, 3.63) is 48.8 Å². The van der Waals surface area contributed by atoms with E-state index < -0.39 is 0 Å². The molecule has 0 unspecified atom stereocenters. The van der Waals surface area contributed by atoms with Gasteiger partial charge in [0.05, 0.1) is 0 Å². The van der Waals surface area contributed by atoms with E-state index in [1.54, 1.807) is 18.5 Å². The van der Waals surface area contributed by atoms with E-state index in [0.29, 0.717) is 11.9 Å². The summed E-state index contributed by atoms with van der Waals surface area (Å²) in [4.78, 5) is 12.6. The Morgan fingerprint density at radius 3 is 2.45 bits per heavy atom. The fraction of sp³-hybridized carbons (Fsp3) is 0. The maximum Gasteiger partial charge on any atom is 0.257 e. The number of nitrogens with two attached hydrogens (primary N) is 1. The van der Waals surface area contributed by atoms with Crippen LogP contribution in [0.4, 0.5) is 17.6 Å². The van der Waals surface area contributed by atoms with Crippen molar-refractivity contribution in [3.8, 4) is 5.95 Å². The van der Waals surface area contributed by atoms with Gasteiger partial charge in [-0.1, -0.05) is 18.2 Å². The van der Waals surface area contributed by atoms with E-state index in [0.717, 1.165) is 5.69 Å². The Kier molecular flexibility index (Phi) is 3.21. The summed E-state index contributed by atoms with van der Waals surface area (Å²) in [6.07, 6.45) is 3.38. The Balaban J connectivity index is 1.96. The molecule has 3 aromatic rings. The van der Waals surface area contributed by atoms with E-state index in [1.807, 2.05) is 30.3 Å². The molecule has 2 heterocycles. The number of anilines is 3. The van der Waals surface area contributed by atoms with Gasteiger partial charge >= 0.3 is 0 Å². The van der Waals surface area contributed by atoms with Crippen molar-refractivity contribution in [3.63, 3.8) is 0 Å². The quantitative estimate of drug-likeness (QED) is 0.480. The summed E-state index contributed by atoms with van der Waals surface area (Å²) < 4.78 is 1.53. The molecule has 0 atom stereocenters. The first-order valence-electron chi connectivity index (χ1n) is 5.90. The lowest BCUT2D eigenvalue weighted by atomic mass is 10.3. The highest BCUT2D eigenvalue weighted by molar-refractivity contribution is 5.54. The summed E-state index contributed by atoms with van der Waals surface area (Å²) in [6, 6.07) is 11.4. The second-order valence-electron chi connectivity index (χ2n) is 3.87. The summed E-state index contributed by atoms with van der Waals surface area (Å²) in [5.74, 6) is 6.38. The molecule has 0 aliphatic heterocycles. The van der Waals surface area contributed by atoms with Crippen LogP contribution in [0.5, 0.6) is 0 Å². The van der Waals surface area contributed by atoms with Crippen molar-refractivity contribution in [2.75, 3.05) is 10.7 Å². The first kappa shape index (κ1) is 12.1. The molecule has 0 aliphatic rings. The predicted octanol–water partition coefficient (Wildman–Crippen LogP) is 1.09. The zero-order valence-corrected chi connectivity index (χ0v) is 10.4. The van der Waals surface area contributed by atoms with Gasteiger partial charge in [0.1, 0.15) is 0 Å². The highest BCUT2D eigenvalue weighted by Gasteiger charge is 2.07. The van der Waals surface area contributed by atoms with Crippen LogP contribution in [0.1, 0.15) is 0 Å². The summed E-state index contributed by atoms with van der Waals surface area (Å²) in [5, 5.41) is 7.16. The molecule has 0 bridgehead atoms. The molecule has 0 spiro atoms. The lowest BCUT2D eigenvalue weighted by molar-refractivity contribution is 0.799. The van der Waals surface area contributed by atoms with Gasteiger partial charge in [0.25, 0.3) is 5.95 Å². The van der Waals surface area contributed by atoms with Gasteiger partial charge < -0.3 is 5.32 Å². The van der Waals surface area contributed by atoms with E-state index in [9.17, 15) is 0 Å². The molecule has 8 nitrogen and oxygen atoms in total. The summed E-state index contributed by atoms with van der Waals surface area (Å²) in [6.45, 7) is 0. The van der Waals surface area contributed by atoms with Crippen LogP contribution in [0, 0.1) is 0 Å². The van der Waals surface area contributed by atoms with Gasteiger partial charge in [-0.25, -0.2) is 10.5 Å². The number of nitrogen functional groups attached to an aromatic ring is 1. The van der Waals surface area contributed by atoms with Crippen molar-refractivity contribution < 1.29 is 0 Å². The van der Waals surface area contributed by atoms with E-state index in [-0.39, 0.29) is 5.95 Å². The molecule has 8 heteroatoms. The number of aromatic nitrogens is 5. The van der Waals surface area contributed by atoms with Crippen LogP contribution in [0.25, 0.3) is 5.95 Å². The van der Waals surface area contributed by atoms with E-state index >= 15 is 0 Å². The summed E-state index contributed by atoms with van der Waals surface area (Å²) >= 11 is 0. The maximum atomic E-state index is 5.37. The zero-order chi connectivity index (χ0) is 13.8. The Morgan fingerprint density at radius 2 is 1.75 bits per heavy atom. The van der Waals surface area contributed by atoms with E-state index in [4.69, 9.17) is 5.84 Å². The normalized spacial score (nSPS) is 10.2. The second kappa shape index (κ2) is 5.33. The highest BCUT2D eigenvalue weighted by Crippen LogP contribution is 2.14. The van der Waals surface area contributed by atoms with Crippen LogP contribution in [-0.4, -0.2) is 24.7 Å². The largest absolute Gasteiger partial charge is 0.324 e. The number of nitrogens with zero attached hydrogens (tertiary/aromatic N) is 5. The molecule has 2 aromatic heterocycles. The number of nitrogens with one attached hydrogen (secondary N) is 2. The topological polar surface area (TPSA) is 107 Å². The third-order valence-electron chi connectivity index (χ3n) is 2.49. The molecule has 20 heavy (non-hydrogen) atoms. The average molecular weight is 268 g/mol. The van der Waals surface area contributed by atoms with Crippen LogP contribution < -0.4 is 16.6 Å². The number of benzene rings is 1. The van der Waals surface area contributed by atoms with Gasteiger partial charge in [0.15, 0.2) is 0 Å². The number of rotatable bonds is 4. The first-order chi connectivity index (χ1) is 9.85. The number of hydrazine groups is 1. The smallest absolute Gasteiger partial charge is 0.257 e. The fourth-order valence-electron chi connectivity index (χ4n) is 1.63. The highest BCUT2D eigenvalue weighted by atomic mass is 15.4. The molecule has 0 amide bonds. The van der Waals surface area contributed by atoms with Crippen molar-refractivity contribution in [1.29, 1.82) is 0 Å². The number of hydrogen-bond donors (Lipinski definition) is 3. The molecule has 100 valence electrons. The molecule has 0 fully saturated rings. The van der Waals surface area contributed by atoms with Crippen molar-refractivity contribution in [2.24, 2.45) is 5.84 Å². The lowest BCUT2D eigenvalue weighted by Gasteiger charge is -2.08. The van der Waals surface area contributed by atoms with E-state index in [1.165, 1.54) is 4.68 Å². The number of para-hydroxylation sites is 1. The van der Waals surface area contributed by atoms with Crippen LogP contribution in [0.3, 0.4) is 0 Å². The Labute approximate surface area is 114 Å². The molecule has 0 radical (unpaired) electrons. The van der Waals surface area contributed by atoms with Gasteiger partial charge in [-0.15, -0.1) is 0 Å². The number of hydrogen-bond acceptors (Lipinski definition) is 7. The molecule has 0 aliphatic carbocycles. The van der Waals surface area contributed by atoms with Gasteiger partial charge in [-0.05, 0) is 18.2 Å². The maximum absolute atomic E-state index is 5.37. The average Bonchev–Trinajstić information content (AvgIpc) is 3.02. The SMILES string of the molecule is NNc1nc(Nc2ccccc2)nc(-n2cccn2)n1. The minimum Gasteiger partial charge on any atom is -0.324 e. The van der Waals surface area contributed by atoms with Crippen LogP contribution in [-0.2, 0) is 0 Å². The molecular formula is C12H12N8. The van der Waals surface area contributed by atoms with Crippen molar-refractivity contribution in [2.45, 2.75) is 0 Å². The third-order valence-corrected chi connectivity index (χ3v) is 2.49. The monoisotopic (exact) mass is 268 g/mol. The molecule has 0 saturated heterocycles. The Morgan fingerprint density at radius 1 is 0.950 bits per heavy atom. The van der Waals surface area contributed by atoms with Crippen LogP contribution in [0.15, 0.2) is 48.8 Å². The summed E-state index contributed by atoms with van der Waals surface area (Å²) in [5.41, 5.74) is 3.28. The molecule has 0 saturated carbocycles. The standard InChI is InChI=1S/C12H12N8/c13-19-11-16-10(15-9-5-2-1-3-6-9)17-12(18-11)20-8-4-7-14-20/h1-8H,13H2,(H2,15,16,17,18,19). The molecule has 4 N–H and O–H groups in total. The third kappa shape index (κ3) is 2.54. The van der Waals surface area contributed by atoms with Gasteiger partial charge in [0.2, 0.25) is 11.9 Å². The molecule has 3 rings (SSSR count). The summed E-state index contributed by atoms with van der Waals surface area (Å²) in [7, 11) is 0. The van der Waals surface area contributed by atoms with Crippen LogP contribution in [0.2, 0.25) is 0 Å². The Bertz CT molecular complexity index is 680. The van der Waals surface area contributed by atoms with Gasteiger partial charge in [-0.2, -0.15) is 20.1 Å². The Hall–Kier alpha value is -3.00. The second-order valence-corrected chi connectivity index (χ2v) is 3.87. The first-order valence-corrected chi connectivity index (χ1v) is 5.90. The van der Waals surface area contributed by atoms with Crippen molar-refractivity contribution >= 4 is 17.6 Å². The minimum atomic E-state index is 0.254. The molecule has 1 aromatic carbocycles.